The summed E-state index contributed by atoms with van der Waals surface area (Å²) in [6, 6.07) is 2.11. The van der Waals surface area contributed by atoms with E-state index >= 15 is 0 Å². The van der Waals surface area contributed by atoms with Gasteiger partial charge in [-0.05, 0) is 6.08 Å². The largest absolute Gasteiger partial charge is 0.387 e. The number of nitrogens with one attached hydrogen (secondary N) is 2. The van der Waals surface area contributed by atoms with Crippen LogP contribution in [0.3, 0.4) is 0 Å². The summed E-state index contributed by atoms with van der Waals surface area (Å²) in [6.07, 6.45) is 5.62. The Kier molecular flexibility index (Phi) is 1.19. The quantitative estimate of drug-likeness (QED) is 0.492. The molecule has 0 saturated carbocycles. The van der Waals surface area contributed by atoms with Crippen molar-refractivity contribution in [2.24, 2.45) is 0 Å². The molecule has 3 nitrogen and oxygen atoms in total. The smallest absolute Gasteiger partial charge is 0.101 e. The van der Waals surface area contributed by atoms with Crippen LogP contribution in [0.5, 0.6) is 0 Å². The molecule has 54 valence electrons. The lowest BCUT2D eigenvalue weighted by Gasteiger charge is -1.97. The second-order valence-corrected chi connectivity index (χ2v) is 2.40. The Bertz CT molecular complexity index is 419. The first-order valence-corrected chi connectivity index (χ1v) is 3.43. The van der Waals surface area contributed by atoms with Crippen molar-refractivity contribution in [1.29, 1.82) is 5.26 Å². The molecule has 0 aromatic carbocycles. The van der Waals surface area contributed by atoms with E-state index in [0.717, 1.165) is 17.1 Å². The maximum Gasteiger partial charge on any atom is 0.101 e. The summed E-state index contributed by atoms with van der Waals surface area (Å²) in [6.45, 7) is 0.832. The SMILES string of the molecule is N#Cc1c[nH]c2c1=CNCC=2. The number of nitriles is 1. The molecule has 1 aliphatic heterocycles. The average Bonchev–Trinajstić information content (AvgIpc) is 2.47. The van der Waals surface area contributed by atoms with Gasteiger partial charge in [-0.15, -0.1) is 0 Å². The topological polar surface area (TPSA) is 51.6 Å². The number of aromatic nitrogens is 1. The molecule has 0 radical (unpaired) electrons. The highest BCUT2D eigenvalue weighted by molar-refractivity contribution is 5.42. The van der Waals surface area contributed by atoms with Crippen molar-refractivity contribution >= 4 is 12.3 Å². The monoisotopic (exact) mass is 145 g/mol. The predicted molar refractivity (Wildman–Crippen MR) is 41.7 cm³/mol. The Balaban J connectivity index is 2.86. The van der Waals surface area contributed by atoms with Crippen molar-refractivity contribution in [3.8, 4) is 6.07 Å². The Hall–Kier alpha value is -1.69. The highest BCUT2D eigenvalue weighted by atomic mass is 14.8. The molecule has 0 aliphatic carbocycles. The fourth-order valence-electron chi connectivity index (χ4n) is 1.19. The molecule has 1 aliphatic rings. The zero-order chi connectivity index (χ0) is 7.68. The van der Waals surface area contributed by atoms with Crippen molar-refractivity contribution < 1.29 is 0 Å². The fraction of sp³-hybridized carbons (Fsp3) is 0.125. The minimum Gasteiger partial charge on any atom is -0.387 e. The molecule has 1 aromatic heterocycles. The summed E-state index contributed by atoms with van der Waals surface area (Å²) < 4.78 is 0. The summed E-state index contributed by atoms with van der Waals surface area (Å²) in [5, 5.41) is 13.7. The van der Waals surface area contributed by atoms with Crippen molar-refractivity contribution in [3.05, 3.63) is 22.3 Å². The van der Waals surface area contributed by atoms with Crippen molar-refractivity contribution in [1.82, 2.24) is 10.3 Å². The maximum absolute atomic E-state index is 8.65. The summed E-state index contributed by atoms with van der Waals surface area (Å²) in [7, 11) is 0. The number of hydrogen-bond acceptors (Lipinski definition) is 2. The van der Waals surface area contributed by atoms with Gasteiger partial charge in [-0.2, -0.15) is 5.26 Å². The van der Waals surface area contributed by atoms with Gasteiger partial charge in [-0.3, -0.25) is 0 Å². The molecule has 0 atom stereocenters. The number of nitrogens with zero attached hydrogens (tertiary/aromatic N) is 1. The summed E-state index contributed by atoms with van der Waals surface area (Å²) in [4.78, 5) is 3.03. The highest BCUT2D eigenvalue weighted by Crippen LogP contribution is 1.82. The molecule has 0 amide bonds. The van der Waals surface area contributed by atoms with Crippen LogP contribution in [0.15, 0.2) is 6.20 Å². The van der Waals surface area contributed by atoms with Gasteiger partial charge in [-0.25, -0.2) is 0 Å². The second kappa shape index (κ2) is 2.17. The van der Waals surface area contributed by atoms with Crippen LogP contribution in [0.1, 0.15) is 5.56 Å². The number of aromatic amines is 1. The Labute approximate surface area is 63.7 Å². The standard InChI is InChI=1S/C8H7N3/c9-3-6-4-11-8-1-2-10-5-7(6)8/h1,4-5,10-11H,2H2. The Morgan fingerprint density at radius 2 is 2.45 bits per heavy atom. The zero-order valence-electron chi connectivity index (χ0n) is 5.89. The lowest BCUT2D eigenvalue weighted by atomic mass is 10.2. The number of hydrogen-bond donors (Lipinski definition) is 2. The van der Waals surface area contributed by atoms with Gasteiger partial charge in [0.15, 0.2) is 0 Å². The average molecular weight is 145 g/mol. The summed E-state index contributed by atoms with van der Waals surface area (Å²) >= 11 is 0. The van der Waals surface area contributed by atoms with Gasteiger partial charge in [-0.1, -0.05) is 0 Å². The fourth-order valence-corrected chi connectivity index (χ4v) is 1.19. The van der Waals surface area contributed by atoms with E-state index in [1.165, 1.54) is 0 Å². The van der Waals surface area contributed by atoms with Crippen molar-refractivity contribution in [2.45, 2.75) is 0 Å². The molecular formula is C8H7N3. The predicted octanol–water partition coefficient (Wildman–Crippen LogP) is -0.992. The summed E-state index contributed by atoms with van der Waals surface area (Å²) in [5.41, 5.74) is 0.698. The van der Waals surface area contributed by atoms with E-state index in [2.05, 4.69) is 16.4 Å². The molecule has 2 N–H and O–H groups in total. The van der Waals surface area contributed by atoms with Crippen LogP contribution in [0.4, 0.5) is 0 Å². The first kappa shape index (κ1) is 6.05. The van der Waals surface area contributed by atoms with Gasteiger partial charge in [0.05, 0.1) is 5.56 Å². The van der Waals surface area contributed by atoms with Gasteiger partial charge < -0.3 is 10.3 Å². The zero-order valence-corrected chi connectivity index (χ0v) is 5.89. The Morgan fingerprint density at radius 1 is 1.55 bits per heavy atom. The van der Waals surface area contributed by atoms with Crippen molar-refractivity contribution in [3.63, 3.8) is 0 Å². The van der Waals surface area contributed by atoms with Crippen molar-refractivity contribution in [2.75, 3.05) is 6.54 Å². The first-order valence-electron chi connectivity index (χ1n) is 3.43. The molecule has 2 heterocycles. The Morgan fingerprint density at radius 3 is 3.27 bits per heavy atom. The lowest BCUT2D eigenvalue weighted by Crippen LogP contribution is -2.32. The van der Waals surface area contributed by atoms with Crippen LogP contribution in [0, 0.1) is 11.3 Å². The molecule has 0 spiro atoms. The number of rotatable bonds is 0. The van der Waals surface area contributed by atoms with E-state index in [9.17, 15) is 0 Å². The molecule has 1 aromatic rings. The van der Waals surface area contributed by atoms with E-state index < -0.39 is 0 Å². The van der Waals surface area contributed by atoms with Crippen LogP contribution in [0.2, 0.25) is 0 Å². The molecule has 0 fully saturated rings. The summed E-state index contributed by atoms with van der Waals surface area (Å²) in [5.74, 6) is 0. The molecule has 3 heteroatoms. The van der Waals surface area contributed by atoms with E-state index in [0.29, 0.717) is 5.56 Å². The van der Waals surface area contributed by atoms with E-state index in [1.807, 2.05) is 12.3 Å². The lowest BCUT2D eigenvalue weighted by molar-refractivity contribution is 1.04. The third kappa shape index (κ3) is 0.802. The molecule has 2 rings (SSSR count). The third-order valence-corrected chi connectivity index (χ3v) is 1.74. The molecule has 11 heavy (non-hydrogen) atoms. The molecule has 0 bridgehead atoms. The van der Waals surface area contributed by atoms with Gasteiger partial charge in [0.25, 0.3) is 0 Å². The van der Waals surface area contributed by atoms with Crippen LogP contribution >= 0.6 is 0 Å². The van der Waals surface area contributed by atoms with Gasteiger partial charge >= 0.3 is 0 Å². The minimum absolute atomic E-state index is 0.698. The van der Waals surface area contributed by atoms with E-state index in [1.54, 1.807) is 6.20 Å². The first-order chi connectivity index (χ1) is 5.42. The van der Waals surface area contributed by atoms with Crippen LogP contribution < -0.4 is 15.9 Å². The van der Waals surface area contributed by atoms with Crippen LogP contribution in [-0.4, -0.2) is 11.5 Å². The second-order valence-electron chi connectivity index (χ2n) is 2.40. The van der Waals surface area contributed by atoms with Crippen LogP contribution in [-0.2, 0) is 0 Å². The molecular weight excluding hydrogens is 138 g/mol. The van der Waals surface area contributed by atoms with Gasteiger partial charge in [0.2, 0.25) is 0 Å². The molecule has 0 unspecified atom stereocenters. The normalized spacial score (nSPS) is 13.4. The minimum atomic E-state index is 0.698. The maximum atomic E-state index is 8.65. The number of fused-ring (bicyclic) bond motifs is 1. The van der Waals surface area contributed by atoms with Gasteiger partial charge in [0.1, 0.15) is 6.07 Å². The number of H-pyrrole nitrogens is 1. The van der Waals surface area contributed by atoms with E-state index in [4.69, 9.17) is 5.26 Å². The highest BCUT2D eigenvalue weighted by Gasteiger charge is 1.99. The van der Waals surface area contributed by atoms with Crippen LogP contribution in [0.25, 0.3) is 12.3 Å². The third-order valence-electron chi connectivity index (χ3n) is 1.74. The van der Waals surface area contributed by atoms with E-state index in [-0.39, 0.29) is 0 Å². The molecule has 0 saturated heterocycles. The van der Waals surface area contributed by atoms with Gasteiger partial charge in [0, 0.05) is 29.5 Å².